The quantitative estimate of drug-likeness (QED) is 0.420. The Bertz CT molecular complexity index is 109. The predicted molar refractivity (Wildman–Crippen MR) is 35.4 cm³/mol. The maximum atomic E-state index is 9.17. The molecule has 0 bridgehead atoms. The van der Waals surface area contributed by atoms with E-state index in [1.807, 2.05) is 0 Å². The minimum Gasteiger partial charge on any atom is -0.394 e. The average molecular weight is 147 g/mol. The molecule has 4 nitrogen and oxygen atoms in total. The minimum atomic E-state index is -0.603. The fraction of sp³-hybridized carbons (Fsp3) is 1.00. The summed E-state index contributed by atoms with van der Waals surface area (Å²) in [5, 5.41) is 17.8. The summed E-state index contributed by atoms with van der Waals surface area (Å²) < 4.78 is 5.03. The van der Waals surface area contributed by atoms with Crippen LogP contribution in [0.3, 0.4) is 0 Å². The lowest BCUT2D eigenvalue weighted by Gasteiger charge is -2.30. The van der Waals surface area contributed by atoms with Crippen LogP contribution in [0.25, 0.3) is 0 Å². The van der Waals surface area contributed by atoms with E-state index >= 15 is 0 Å². The summed E-state index contributed by atoms with van der Waals surface area (Å²) in [5.41, 5.74) is 5.48. The van der Waals surface area contributed by atoms with Gasteiger partial charge in [0.05, 0.1) is 19.3 Å². The average Bonchev–Trinajstić information content (AvgIpc) is 1.88. The maximum Gasteiger partial charge on any atom is 0.106 e. The molecule has 3 atom stereocenters. The summed E-state index contributed by atoms with van der Waals surface area (Å²) >= 11 is 0. The molecule has 0 aromatic rings. The van der Waals surface area contributed by atoms with Crippen LogP contribution in [0.2, 0.25) is 0 Å². The third-order valence-electron chi connectivity index (χ3n) is 1.68. The monoisotopic (exact) mass is 147 g/mol. The molecule has 0 amide bonds. The van der Waals surface area contributed by atoms with E-state index in [2.05, 4.69) is 0 Å². The molecule has 0 aromatic heterocycles. The van der Waals surface area contributed by atoms with E-state index in [1.54, 1.807) is 0 Å². The van der Waals surface area contributed by atoms with Crippen LogP contribution in [0.15, 0.2) is 0 Å². The standard InChI is InChI=1S/C6H13NO3/c7-4-1-5(9)6(2-8)10-3-4/h4-6,8-9H,1-3,7H2/t4?,5-,6?/m1/s1. The summed E-state index contributed by atoms with van der Waals surface area (Å²) in [4.78, 5) is 0. The number of ether oxygens (including phenoxy) is 1. The lowest BCUT2D eigenvalue weighted by atomic mass is 10.0. The van der Waals surface area contributed by atoms with Crippen molar-refractivity contribution in [2.75, 3.05) is 13.2 Å². The van der Waals surface area contributed by atoms with Gasteiger partial charge in [-0.3, -0.25) is 0 Å². The first kappa shape index (κ1) is 7.94. The first-order valence-electron chi connectivity index (χ1n) is 3.40. The molecular formula is C6H13NO3. The van der Waals surface area contributed by atoms with Gasteiger partial charge in [-0.05, 0) is 6.42 Å². The molecule has 1 aliphatic rings. The third-order valence-corrected chi connectivity index (χ3v) is 1.68. The van der Waals surface area contributed by atoms with Crippen molar-refractivity contribution in [2.45, 2.75) is 24.7 Å². The first-order chi connectivity index (χ1) is 4.74. The van der Waals surface area contributed by atoms with Crippen LogP contribution < -0.4 is 5.73 Å². The van der Waals surface area contributed by atoms with Crippen LogP contribution in [-0.4, -0.2) is 41.7 Å². The van der Waals surface area contributed by atoms with E-state index in [4.69, 9.17) is 15.6 Å². The van der Waals surface area contributed by atoms with Gasteiger partial charge in [-0.15, -0.1) is 0 Å². The molecule has 10 heavy (non-hydrogen) atoms. The number of hydrogen-bond acceptors (Lipinski definition) is 4. The summed E-state index contributed by atoms with van der Waals surface area (Å²) in [6.45, 7) is 0.302. The Balaban J connectivity index is 2.36. The van der Waals surface area contributed by atoms with Gasteiger partial charge in [-0.2, -0.15) is 0 Å². The van der Waals surface area contributed by atoms with E-state index in [-0.39, 0.29) is 12.6 Å². The highest BCUT2D eigenvalue weighted by Crippen LogP contribution is 2.12. The molecule has 1 aliphatic heterocycles. The zero-order chi connectivity index (χ0) is 7.56. The molecule has 60 valence electrons. The predicted octanol–water partition coefficient (Wildman–Crippen LogP) is -1.54. The number of nitrogens with two attached hydrogens (primary N) is 1. The maximum absolute atomic E-state index is 9.17. The van der Waals surface area contributed by atoms with Gasteiger partial charge in [0, 0.05) is 6.04 Å². The Morgan fingerprint density at radius 1 is 1.60 bits per heavy atom. The van der Waals surface area contributed by atoms with Crippen LogP contribution in [0.1, 0.15) is 6.42 Å². The smallest absolute Gasteiger partial charge is 0.106 e. The van der Waals surface area contributed by atoms with Gasteiger partial charge in [0.25, 0.3) is 0 Å². The minimum absolute atomic E-state index is 0.0854. The fourth-order valence-corrected chi connectivity index (χ4v) is 1.06. The van der Waals surface area contributed by atoms with Gasteiger partial charge in [0.1, 0.15) is 6.10 Å². The van der Waals surface area contributed by atoms with Crippen LogP contribution in [0.5, 0.6) is 0 Å². The second kappa shape index (κ2) is 3.30. The first-order valence-corrected chi connectivity index (χ1v) is 3.40. The molecule has 0 saturated carbocycles. The Kier molecular flexibility index (Phi) is 2.62. The molecule has 0 aromatic carbocycles. The highest BCUT2D eigenvalue weighted by Gasteiger charge is 2.26. The van der Waals surface area contributed by atoms with Crippen molar-refractivity contribution in [1.29, 1.82) is 0 Å². The fourth-order valence-electron chi connectivity index (χ4n) is 1.06. The Labute approximate surface area is 59.6 Å². The molecule has 1 heterocycles. The van der Waals surface area contributed by atoms with Crippen LogP contribution in [-0.2, 0) is 4.74 Å². The largest absolute Gasteiger partial charge is 0.394 e. The summed E-state index contributed by atoms with van der Waals surface area (Å²) in [5.74, 6) is 0. The van der Waals surface area contributed by atoms with Gasteiger partial charge in [-0.25, -0.2) is 0 Å². The molecule has 2 unspecified atom stereocenters. The van der Waals surface area contributed by atoms with Gasteiger partial charge in [-0.1, -0.05) is 0 Å². The van der Waals surface area contributed by atoms with Crippen molar-refractivity contribution >= 4 is 0 Å². The molecule has 4 heteroatoms. The van der Waals surface area contributed by atoms with Crippen molar-refractivity contribution in [3.8, 4) is 0 Å². The summed E-state index contributed by atoms with van der Waals surface area (Å²) in [6.07, 6.45) is -0.515. The van der Waals surface area contributed by atoms with E-state index in [0.717, 1.165) is 0 Å². The molecule has 0 spiro atoms. The Hall–Kier alpha value is -0.160. The number of aliphatic hydroxyl groups excluding tert-OH is 2. The molecular weight excluding hydrogens is 134 g/mol. The second-order valence-corrected chi connectivity index (χ2v) is 2.62. The Morgan fingerprint density at radius 2 is 2.30 bits per heavy atom. The molecule has 1 rings (SSSR count). The van der Waals surface area contributed by atoms with Gasteiger partial charge < -0.3 is 20.7 Å². The molecule has 0 aliphatic carbocycles. The zero-order valence-corrected chi connectivity index (χ0v) is 5.73. The van der Waals surface area contributed by atoms with Crippen LogP contribution in [0, 0.1) is 0 Å². The van der Waals surface area contributed by atoms with Crippen molar-refractivity contribution in [1.82, 2.24) is 0 Å². The third kappa shape index (κ3) is 1.67. The highest BCUT2D eigenvalue weighted by molar-refractivity contribution is 4.79. The van der Waals surface area contributed by atoms with E-state index < -0.39 is 12.2 Å². The summed E-state index contributed by atoms with van der Waals surface area (Å²) in [6, 6.07) is -0.0854. The number of hydrogen-bond donors (Lipinski definition) is 3. The van der Waals surface area contributed by atoms with E-state index in [1.165, 1.54) is 0 Å². The van der Waals surface area contributed by atoms with Crippen molar-refractivity contribution in [2.24, 2.45) is 5.73 Å². The van der Waals surface area contributed by atoms with Gasteiger partial charge in [0.15, 0.2) is 0 Å². The number of rotatable bonds is 1. The number of aliphatic hydroxyl groups is 2. The lowest BCUT2D eigenvalue weighted by Crippen LogP contribution is -2.46. The zero-order valence-electron chi connectivity index (χ0n) is 5.73. The van der Waals surface area contributed by atoms with Crippen LogP contribution in [0.4, 0.5) is 0 Å². The normalized spacial score (nSPS) is 41.7. The molecule has 4 N–H and O–H groups in total. The molecule has 1 fully saturated rings. The Morgan fingerprint density at radius 3 is 2.80 bits per heavy atom. The summed E-state index contributed by atoms with van der Waals surface area (Å²) in [7, 11) is 0. The highest BCUT2D eigenvalue weighted by atomic mass is 16.5. The van der Waals surface area contributed by atoms with E-state index in [9.17, 15) is 5.11 Å². The second-order valence-electron chi connectivity index (χ2n) is 2.62. The van der Waals surface area contributed by atoms with Crippen molar-refractivity contribution < 1.29 is 14.9 Å². The molecule has 1 saturated heterocycles. The van der Waals surface area contributed by atoms with Gasteiger partial charge in [0.2, 0.25) is 0 Å². The van der Waals surface area contributed by atoms with Crippen LogP contribution >= 0.6 is 0 Å². The van der Waals surface area contributed by atoms with E-state index in [0.29, 0.717) is 13.0 Å². The lowest BCUT2D eigenvalue weighted by molar-refractivity contribution is -0.101. The van der Waals surface area contributed by atoms with Crippen molar-refractivity contribution in [3.05, 3.63) is 0 Å². The molecule has 0 radical (unpaired) electrons. The topological polar surface area (TPSA) is 75.7 Å². The van der Waals surface area contributed by atoms with Gasteiger partial charge >= 0.3 is 0 Å². The van der Waals surface area contributed by atoms with Crippen molar-refractivity contribution in [3.63, 3.8) is 0 Å². The SMILES string of the molecule is NC1COC(CO)[C@H](O)C1.